The van der Waals surface area contributed by atoms with E-state index in [0.29, 0.717) is 12.8 Å². The average molecular weight is 208 g/mol. The van der Waals surface area contributed by atoms with Crippen molar-refractivity contribution >= 4 is 5.97 Å². The molecule has 0 bridgehead atoms. The monoisotopic (exact) mass is 208 g/mol. The minimum Gasteiger partial charge on any atom is -0.481 e. The molecule has 0 rings (SSSR count). The molecule has 0 fully saturated rings. The van der Waals surface area contributed by atoms with E-state index in [9.17, 15) is 13.6 Å². The van der Waals surface area contributed by atoms with Crippen LogP contribution in [0.5, 0.6) is 0 Å². The molecule has 0 saturated heterocycles. The van der Waals surface area contributed by atoms with Crippen LogP contribution >= 0.6 is 0 Å². The van der Waals surface area contributed by atoms with Gasteiger partial charge in [0, 0.05) is 6.42 Å². The van der Waals surface area contributed by atoms with Gasteiger partial charge in [-0.3, -0.25) is 4.79 Å². The van der Waals surface area contributed by atoms with Crippen LogP contribution in [0.3, 0.4) is 0 Å². The molecule has 0 aliphatic rings. The first kappa shape index (κ1) is 13.3. The number of hydrogen-bond acceptors (Lipinski definition) is 1. The van der Waals surface area contributed by atoms with Crippen LogP contribution in [0.2, 0.25) is 0 Å². The smallest absolute Gasteiger partial charge is 0.309 e. The Bertz CT molecular complexity index is 183. The predicted molar refractivity (Wildman–Crippen MR) is 50.5 cm³/mol. The Morgan fingerprint density at radius 1 is 1.43 bits per heavy atom. The van der Waals surface area contributed by atoms with Gasteiger partial charge in [0.15, 0.2) is 0 Å². The number of carboxylic acid groups (broad SMARTS) is 1. The number of alkyl halides is 2. The first-order chi connectivity index (χ1) is 6.48. The molecule has 4 heteroatoms. The number of carboxylic acids is 1. The molecule has 0 aliphatic carbocycles. The van der Waals surface area contributed by atoms with Crippen LogP contribution in [0.4, 0.5) is 8.78 Å². The van der Waals surface area contributed by atoms with Crippen LogP contribution in [-0.4, -0.2) is 17.5 Å². The van der Waals surface area contributed by atoms with E-state index in [1.807, 2.05) is 6.92 Å². The summed E-state index contributed by atoms with van der Waals surface area (Å²) in [7, 11) is 0. The zero-order chi connectivity index (χ0) is 11.2. The lowest BCUT2D eigenvalue weighted by Crippen LogP contribution is -2.32. The second-order valence-electron chi connectivity index (χ2n) is 3.64. The molecule has 0 aromatic rings. The van der Waals surface area contributed by atoms with Crippen molar-refractivity contribution in [1.29, 1.82) is 0 Å². The summed E-state index contributed by atoms with van der Waals surface area (Å²) in [5.41, 5.74) is -1.22. The first-order valence-corrected chi connectivity index (χ1v) is 5.00. The molecule has 0 aliphatic heterocycles. The van der Waals surface area contributed by atoms with Crippen LogP contribution in [0, 0.1) is 5.41 Å². The molecule has 0 aromatic carbocycles. The van der Waals surface area contributed by atoms with Gasteiger partial charge in [0.1, 0.15) is 0 Å². The Kier molecular flexibility index (Phi) is 5.65. The maximum Gasteiger partial charge on any atom is 0.309 e. The molecule has 0 aromatic heterocycles. The minimum absolute atomic E-state index is 0.271. The topological polar surface area (TPSA) is 37.3 Å². The molecule has 84 valence electrons. The van der Waals surface area contributed by atoms with Gasteiger partial charge in [-0.05, 0) is 12.8 Å². The van der Waals surface area contributed by atoms with Crippen molar-refractivity contribution in [1.82, 2.24) is 0 Å². The van der Waals surface area contributed by atoms with Crippen molar-refractivity contribution in [3.63, 3.8) is 0 Å². The van der Waals surface area contributed by atoms with Gasteiger partial charge in [0.05, 0.1) is 5.41 Å². The van der Waals surface area contributed by atoms with Crippen molar-refractivity contribution in [2.75, 3.05) is 0 Å². The summed E-state index contributed by atoms with van der Waals surface area (Å²) in [4.78, 5) is 11.0. The molecule has 1 atom stereocenters. The van der Waals surface area contributed by atoms with Crippen molar-refractivity contribution in [3.05, 3.63) is 0 Å². The fraction of sp³-hybridized carbons (Fsp3) is 0.900. The highest BCUT2D eigenvalue weighted by molar-refractivity contribution is 5.74. The third kappa shape index (κ3) is 3.60. The van der Waals surface area contributed by atoms with Crippen molar-refractivity contribution in [3.8, 4) is 0 Å². The van der Waals surface area contributed by atoms with Crippen LogP contribution < -0.4 is 0 Å². The number of rotatable bonds is 7. The Labute approximate surface area is 83.3 Å². The SMILES string of the molecule is CCCCC(CC)(CC(F)F)C(=O)O. The minimum atomic E-state index is -2.54. The lowest BCUT2D eigenvalue weighted by atomic mass is 9.77. The van der Waals surface area contributed by atoms with Gasteiger partial charge in [-0.15, -0.1) is 0 Å². The van der Waals surface area contributed by atoms with Crippen LogP contribution in [-0.2, 0) is 4.79 Å². The summed E-state index contributed by atoms with van der Waals surface area (Å²) in [5, 5.41) is 8.97. The van der Waals surface area contributed by atoms with E-state index < -0.39 is 24.2 Å². The molecule has 1 unspecified atom stereocenters. The molecule has 0 amide bonds. The maximum atomic E-state index is 12.2. The number of halogens is 2. The molecule has 0 heterocycles. The average Bonchev–Trinajstić information content (AvgIpc) is 2.11. The van der Waals surface area contributed by atoms with E-state index in [2.05, 4.69) is 0 Å². The summed E-state index contributed by atoms with van der Waals surface area (Å²) in [6.45, 7) is 3.58. The van der Waals surface area contributed by atoms with Crippen LogP contribution in [0.25, 0.3) is 0 Å². The quantitative estimate of drug-likeness (QED) is 0.696. The Balaban J connectivity index is 4.51. The number of unbranched alkanes of at least 4 members (excludes halogenated alkanes) is 1. The van der Waals surface area contributed by atoms with Crippen molar-refractivity contribution in [2.24, 2.45) is 5.41 Å². The van der Waals surface area contributed by atoms with E-state index in [-0.39, 0.29) is 6.42 Å². The second kappa shape index (κ2) is 5.94. The summed E-state index contributed by atoms with van der Waals surface area (Å²) in [6.07, 6.45) is -0.932. The van der Waals surface area contributed by atoms with Gasteiger partial charge < -0.3 is 5.11 Å². The van der Waals surface area contributed by atoms with Gasteiger partial charge in [-0.2, -0.15) is 0 Å². The van der Waals surface area contributed by atoms with Gasteiger partial charge in [-0.1, -0.05) is 26.7 Å². The maximum absolute atomic E-state index is 12.2. The molecule has 0 saturated carbocycles. The molecule has 0 radical (unpaired) electrons. The zero-order valence-corrected chi connectivity index (χ0v) is 8.72. The van der Waals surface area contributed by atoms with Gasteiger partial charge >= 0.3 is 5.97 Å². The van der Waals surface area contributed by atoms with Crippen LogP contribution in [0.15, 0.2) is 0 Å². The number of aliphatic carboxylic acids is 1. The standard InChI is InChI=1S/C10H18F2O2/c1-3-5-6-10(4-2,9(13)14)7-8(11)12/h8H,3-7H2,1-2H3,(H,13,14). The highest BCUT2D eigenvalue weighted by atomic mass is 19.3. The molecule has 2 nitrogen and oxygen atoms in total. The fourth-order valence-electron chi connectivity index (χ4n) is 1.58. The highest BCUT2D eigenvalue weighted by Crippen LogP contribution is 2.35. The summed E-state index contributed by atoms with van der Waals surface area (Å²) >= 11 is 0. The summed E-state index contributed by atoms with van der Waals surface area (Å²) in [6, 6.07) is 0. The zero-order valence-electron chi connectivity index (χ0n) is 8.72. The second-order valence-corrected chi connectivity index (χ2v) is 3.64. The Morgan fingerprint density at radius 3 is 2.29 bits per heavy atom. The number of hydrogen-bond donors (Lipinski definition) is 1. The third-order valence-corrected chi connectivity index (χ3v) is 2.68. The van der Waals surface area contributed by atoms with Gasteiger partial charge in [0.2, 0.25) is 6.43 Å². The third-order valence-electron chi connectivity index (χ3n) is 2.68. The summed E-state index contributed by atoms with van der Waals surface area (Å²) in [5.74, 6) is -1.09. The molecular formula is C10H18F2O2. The number of carbonyl (C=O) groups is 1. The van der Waals surface area contributed by atoms with E-state index in [1.54, 1.807) is 6.92 Å². The van der Waals surface area contributed by atoms with Gasteiger partial charge in [0.25, 0.3) is 0 Å². The largest absolute Gasteiger partial charge is 0.481 e. The predicted octanol–water partition coefficient (Wildman–Crippen LogP) is 3.31. The Morgan fingerprint density at radius 2 is 2.00 bits per heavy atom. The molecule has 14 heavy (non-hydrogen) atoms. The van der Waals surface area contributed by atoms with Crippen molar-refractivity contribution < 1.29 is 18.7 Å². The van der Waals surface area contributed by atoms with Crippen molar-refractivity contribution in [2.45, 2.75) is 52.4 Å². The lowest BCUT2D eigenvalue weighted by Gasteiger charge is -2.27. The van der Waals surface area contributed by atoms with Gasteiger partial charge in [-0.25, -0.2) is 8.78 Å². The highest BCUT2D eigenvalue weighted by Gasteiger charge is 2.38. The molecule has 1 N–H and O–H groups in total. The van der Waals surface area contributed by atoms with E-state index in [0.717, 1.165) is 6.42 Å². The van der Waals surface area contributed by atoms with Crippen LogP contribution in [0.1, 0.15) is 46.0 Å². The molecule has 0 spiro atoms. The Hall–Kier alpha value is -0.670. The first-order valence-electron chi connectivity index (χ1n) is 5.00. The summed E-state index contributed by atoms with van der Waals surface area (Å²) < 4.78 is 24.5. The van der Waals surface area contributed by atoms with E-state index in [1.165, 1.54) is 0 Å². The van der Waals surface area contributed by atoms with E-state index >= 15 is 0 Å². The van der Waals surface area contributed by atoms with E-state index in [4.69, 9.17) is 5.11 Å². The lowest BCUT2D eigenvalue weighted by molar-refractivity contribution is -0.152. The fourth-order valence-corrected chi connectivity index (χ4v) is 1.58. The normalized spacial score (nSPS) is 15.5. The molecular weight excluding hydrogens is 190 g/mol.